The van der Waals surface area contributed by atoms with E-state index in [1.807, 2.05) is 66.7 Å². The highest BCUT2D eigenvalue weighted by molar-refractivity contribution is 6.30. The van der Waals surface area contributed by atoms with Crippen LogP contribution in [-0.2, 0) is 0 Å². The van der Waals surface area contributed by atoms with Gasteiger partial charge in [-0.15, -0.1) is 0 Å². The van der Waals surface area contributed by atoms with E-state index in [0.717, 1.165) is 16.8 Å². The summed E-state index contributed by atoms with van der Waals surface area (Å²) >= 11 is 6.09. The van der Waals surface area contributed by atoms with E-state index in [4.69, 9.17) is 16.6 Å². The first-order chi connectivity index (χ1) is 17.6. The Morgan fingerprint density at radius 2 is 1.44 bits per heavy atom. The Kier molecular flexibility index (Phi) is 5.43. The molecule has 0 aliphatic carbocycles. The van der Waals surface area contributed by atoms with Crippen LogP contribution in [0.15, 0.2) is 114 Å². The van der Waals surface area contributed by atoms with E-state index in [1.165, 1.54) is 16.8 Å². The molecule has 0 atom stereocenters. The molecule has 6 aromatic rings. The molecule has 2 aromatic heterocycles. The molecule has 4 aromatic carbocycles. The Morgan fingerprint density at radius 1 is 0.750 bits per heavy atom. The predicted octanol–water partition coefficient (Wildman–Crippen LogP) is 6.70. The van der Waals surface area contributed by atoms with Crippen LogP contribution in [0.1, 0.15) is 0 Å². The van der Waals surface area contributed by atoms with Crippen molar-refractivity contribution in [1.29, 1.82) is 0 Å². The maximum Gasteiger partial charge on any atom is 0.269 e. The summed E-state index contributed by atoms with van der Waals surface area (Å²) < 4.78 is 18.6. The van der Waals surface area contributed by atoms with E-state index in [-0.39, 0.29) is 16.9 Å². The molecule has 0 N–H and O–H groups in total. The van der Waals surface area contributed by atoms with Crippen LogP contribution in [0.25, 0.3) is 44.9 Å². The molecule has 0 radical (unpaired) electrons. The summed E-state index contributed by atoms with van der Waals surface area (Å²) in [4.78, 5) is 18.6. The van der Waals surface area contributed by atoms with Gasteiger partial charge in [-0.2, -0.15) is 5.10 Å². The number of nitrogens with zero attached hydrogens (tertiary/aromatic N) is 4. The van der Waals surface area contributed by atoms with Crippen LogP contribution < -0.4 is 5.56 Å². The lowest BCUT2D eigenvalue weighted by Gasteiger charge is -2.15. The molecule has 0 fully saturated rings. The quantitative estimate of drug-likeness (QED) is 0.275. The third kappa shape index (κ3) is 3.78. The smallest absolute Gasteiger partial charge is 0.268 e. The van der Waals surface area contributed by atoms with Crippen molar-refractivity contribution >= 4 is 22.6 Å². The van der Waals surface area contributed by atoms with Gasteiger partial charge in [-0.1, -0.05) is 66.2 Å². The molecule has 0 bridgehead atoms. The summed E-state index contributed by atoms with van der Waals surface area (Å²) in [6.07, 6.45) is 1.49. The van der Waals surface area contributed by atoms with Crippen molar-refractivity contribution in [3.8, 4) is 33.9 Å². The van der Waals surface area contributed by atoms with Crippen LogP contribution in [0.4, 0.5) is 4.39 Å². The van der Waals surface area contributed by atoms with E-state index >= 15 is 4.39 Å². The van der Waals surface area contributed by atoms with Gasteiger partial charge < -0.3 is 0 Å². The summed E-state index contributed by atoms with van der Waals surface area (Å²) in [5, 5.41) is 5.26. The monoisotopic (exact) mass is 492 g/mol. The predicted molar refractivity (Wildman–Crippen MR) is 140 cm³/mol. The summed E-state index contributed by atoms with van der Waals surface area (Å²) in [5.74, 6) is -0.319. The van der Waals surface area contributed by atoms with Gasteiger partial charge >= 0.3 is 0 Å². The highest BCUT2D eigenvalue weighted by Gasteiger charge is 2.21. The zero-order chi connectivity index (χ0) is 24.6. The number of fused-ring (bicyclic) bond motifs is 1. The maximum atomic E-state index is 15.7. The van der Waals surface area contributed by atoms with Crippen LogP contribution in [0.5, 0.6) is 0 Å². The molecular weight excluding hydrogens is 475 g/mol. The molecule has 0 amide bonds. The maximum absolute atomic E-state index is 15.7. The van der Waals surface area contributed by atoms with Crippen molar-refractivity contribution in [2.75, 3.05) is 0 Å². The van der Waals surface area contributed by atoms with Gasteiger partial charge in [0.15, 0.2) is 11.5 Å². The average molecular weight is 493 g/mol. The van der Waals surface area contributed by atoms with Gasteiger partial charge in [0.1, 0.15) is 11.2 Å². The van der Waals surface area contributed by atoms with Gasteiger partial charge in [0.2, 0.25) is 0 Å². The second-order valence-electron chi connectivity index (χ2n) is 8.24. The first-order valence-electron chi connectivity index (χ1n) is 11.3. The van der Waals surface area contributed by atoms with Crippen molar-refractivity contribution in [2.24, 2.45) is 0 Å². The average Bonchev–Trinajstić information content (AvgIpc) is 3.35. The second-order valence-corrected chi connectivity index (χ2v) is 8.68. The molecular formula is C29H18ClFN4O. The number of halogens is 2. The van der Waals surface area contributed by atoms with E-state index in [2.05, 4.69) is 5.10 Å². The zero-order valence-corrected chi connectivity index (χ0v) is 19.6. The van der Waals surface area contributed by atoms with Crippen LogP contribution in [0, 0.1) is 5.82 Å². The van der Waals surface area contributed by atoms with Gasteiger partial charge in [-0.25, -0.2) is 14.1 Å². The Bertz CT molecular complexity index is 1760. The Hall–Kier alpha value is -4.55. The fourth-order valence-corrected chi connectivity index (χ4v) is 4.37. The van der Waals surface area contributed by atoms with Crippen molar-refractivity contribution in [2.45, 2.75) is 0 Å². The standard InChI is InChI=1S/C29H18ClFN4O/c30-21-12-14-22(15-13-21)34-27(24-16-11-20(17-26(24)31)19-7-3-1-4-8-19)33-28-25(29(34)36)18-32-35(28)23-9-5-2-6-10-23/h1-18H. The van der Waals surface area contributed by atoms with Crippen LogP contribution in [0.2, 0.25) is 5.02 Å². The lowest BCUT2D eigenvalue weighted by Crippen LogP contribution is -2.22. The molecule has 2 heterocycles. The zero-order valence-electron chi connectivity index (χ0n) is 18.8. The molecule has 0 aliphatic heterocycles. The van der Waals surface area contributed by atoms with Crippen LogP contribution in [-0.4, -0.2) is 19.3 Å². The Morgan fingerprint density at radius 3 is 2.14 bits per heavy atom. The summed E-state index contributed by atoms with van der Waals surface area (Å²) in [6.45, 7) is 0. The summed E-state index contributed by atoms with van der Waals surface area (Å²) in [5.41, 5.74) is 3.08. The highest BCUT2D eigenvalue weighted by atomic mass is 35.5. The molecule has 0 saturated heterocycles. The van der Waals surface area contributed by atoms with Crippen LogP contribution in [0.3, 0.4) is 0 Å². The van der Waals surface area contributed by atoms with Crippen LogP contribution >= 0.6 is 11.6 Å². The van der Waals surface area contributed by atoms with Gasteiger partial charge in [0.05, 0.1) is 23.1 Å². The van der Waals surface area contributed by atoms with E-state index in [1.54, 1.807) is 35.0 Å². The molecule has 0 aliphatic rings. The third-order valence-electron chi connectivity index (χ3n) is 6.00. The minimum absolute atomic E-state index is 0.171. The van der Waals surface area contributed by atoms with Crippen molar-refractivity contribution in [3.63, 3.8) is 0 Å². The van der Waals surface area contributed by atoms with E-state index in [0.29, 0.717) is 21.7 Å². The van der Waals surface area contributed by atoms with E-state index < -0.39 is 5.82 Å². The number of hydrogen-bond acceptors (Lipinski definition) is 3. The Balaban J connectivity index is 1.63. The fourth-order valence-electron chi connectivity index (χ4n) is 4.24. The number of hydrogen-bond donors (Lipinski definition) is 0. The number of aromatic nitrogens is 4. The molecule has 5 nitrogen and oxygen atoms in total. The van der Waals surface area contributed by atoms with Gasteiger partial charge in [0.25, 0.3) is 5.56 Å². The topological polar surface area (TPSA) is 52.7 Å². The lowest BCUT2D eigenvalue weighted by molar-refractivity contribution is 0.629. The molecule has 174 valence electrons. The first kappa shape index (κ1) is 21.9. The minimum atomic E-state index is -0.490. The van der Waals surface area contributed by atoms with Gasteiger partial charge in [-0.3, -0.25) is 9.36 Å². The number of benzene rings is 4. The van der Waals surface area contributed by atoms with Gasteiger partial charge in [-0.05, 0) is 59.7 Å². The summed E-state index contributed by atoms with van der Waals surface area (Å²) in [6, 6.07) is 30.6. The molecule has 7 heteroatoms. The first-order valence-corrected chi connectivity index (χ1v) is 11.7. The molecule has 36 heavy (non-hydrogen) atoms. The van der Waals surface area contributed by atoms with Gasteiger partial charge in [0, 0.05) is 5.02 Å². The normalized spacial score (nSPS) is 11.2. The summed E-state index contributed by atoms with van der Waals surface area (Å²) in [7, 11) is 0. The van der Waals surface area contributed by atoms with Crippen molar-refractivity contribution in [1.82, 2.24) is 19.3 Å². The highest BCUT2D eigenvalue weighted by Crippen LogP contribution is 2.29. The Labute approximate surface area is 210 Å². The second kappa shape index (κ2) is 8.91. The number of rotatable bonds is 4. The molecule has 6 rings (SSSR count). The fraction of sp³-hybridized carbons (Fsp3) is 0. The molecule has 0 saturated carbocycles. The minimum Gasteiger partial charge on any atom is -0.268 e. The number of para-hydroxylation sites is 1. The lowest BCUT2D eigenvalue weighted by atomic mass is 10.0. The van der Waals surface area contributed by atoms with Crippen molar-refractivity contribution in [3.05, 3.63) is 131 Å². The van der Waals surface area contributed by atoms with Crippen molar-refractivity contribution < 1.29 is 4.39 Å². The SMILES string of the molecule is O=c1c2cnn(-c3ccccc3)c2nc(-c2ccc(-c3ccccc3)cc2F)n1-c1ccc(Cl)cc1. The largest absolute Gasteiger partial charge is 0.269 e. The van der Waals surface area contributed by atoms with E-state index in [9.17, 15) is 4.79 Å². The molecule has 0 unspecified atom stereocenters. The third-order valence-corrected chi connectivity index (χ3v) is 6.26. The molecule has 0 spiro atoms.